The number of aryl methyl sites for hydroxylation is 1. The fourth-order valence-electron chi connectivity index (χ4n) is 2.43. The van der Waals surface area contributed by atoms with Crippen LogP contribution in [0.2, 0.25) is 0 Å². The van der Waals surface area contributed by atoms with Gasteiger partial charge < -0.3 is 14.8 Å². The second-order valence-electron chi connectivity index (χ2n) is 5.11. The molecule has 1 atom stereocenters. The Hall–Kier alpha value is -1.77. The van der Waals surface area contributed by atoms with Gasteiger partial charge in [0.25, 0.3) is 0 Å². The summed E-state index contributed by atoms with van der Waals surface area (Å²) in [6, 6.07) is 3.31. The minimum absolute atomic E-state index is 0.0559. The average molecular weight is 288 g/mol. The zero-order valence-electron chi connectivity index (χ0n) is 11.8. The lowest BCUT2D eigenvalue weighted by molar-refractivity contribution is -0.0395. The third-order valence-corrected chi connectivity index (χ3v) is 3.59. The largest absolute Gasteiger partial charge is 0.490 e. The summed E-state index contributed by atoms with van der Waals surface area (Å²) in [6.45, 7) is 2.47. The van der Waals surface area contributed by atoms with Crippen LogP contribution >= 0.6 is 0 Å². The summed E-state index contributed by atoms with van der Waals surface area (Å²) in [4.78, 5) is 8.59. The molecule has 3 rings (SSSR count). The van der Waals surface area contributed by atoms with Crippen molar-refractivity contribution in [3.63, 3.8) is 0 Å². The summed E-state index contributed by atoms with van der Waals surface area (Å²) < 4.78 is 7.38. The normalized spacial score (nSPS) is 18.7. The molecule has 7 nitrogen and oxygen atoms in total. The van der Waals surface area contributed by atoms with Gasteiger partial charge in [0.15, 0.2) is 12.1 Å². The number of nitrogens with zero attached hydrogens (tertiary/aromatic N) is 4. The van der Waals surface area contributed by atoms with Gasteiger partial charge >= 0.3 is 7.12 Å². The first kappa shape index (κ1) is 14.2. The van der Waals surface area contributed by atoms with Crippen molar-refractivity contribution in [3.05, 3.63) is 24.2 Å². The number of hydrogen-bond donors (Lipinski definition) is 2. The third kappa shape index (κ3) is 2.97. The van der Waals surface area contributed by atoms with Crippen molar-refractivity contribution in [2.75, 3.05) is 6.61 Å². The first-order chi connectivity index (χ1) is 10.1. The molecule has 0 bridgehead atoms. The molecule has 21 heavy (non-hydrogen) atoms. The Kier molecular flexibility index (Phi) is 4.00. The van der Waals surface area contributed by atoms with Gasteiger partial charge in [-0.05, 0) is 32.3 Å². The Labute approximate surface area is 122 Å². The van der Waals surface area contributed by atoms with Crippen LogP contribution in [-0.4, -0.2) is 43.5 Å². The standard InChI is InChI=1S/C13H17BN4O3/c1-9-10(14(19)20)5-6-11(16-9)13-15-8-18(17-13)12-4-2-3-7-21-12/h5-6,8,12,19-20H,2-4,7H2,1H3. The summed E-state index contributed by atoms with van der Waals surface area (Å²) in [5, 5.41) is 22.8. The molecule has 2 aromatic rings. The van der Waals surface area contributed by atoms with Crippen molar-refractivity contribution in [1.29, 1.82) is 0 Å². The van der Waals surface area contributed by atoms with Gasteiger partial charge in [-0.2, -0.15) is 0 Å². The van der Waals surface area contributed by atoms with E-state index < -0.39 is 7.12 Å². The van der Waals surface area contributed by atoms with E-state index in [9.17, 15) is 10.0 Å². The zero-order valence-corrected chi connectivity index (χ0v) is 11.8. The van der Waals surface area contributed by atoms with E-state index in [-0.39, 0.29) is 6.23 Å². The summed E-state index contributed by atoms with van der Waals surface area (Å²) in [7, 11) is -1.52. The van der Waals surface area contributed by atoms with Gasteiger partial charge in [0.05, 0.1) is 0 Å². The molecule has 8 heteroatoms. The molecule has 110 valence electrons. The molecule has 1 aliphatic rings. The van der Waals surface area contributed by atoms with Crippen LogP contribution in [-0.2, 0) is 4.74 Å². The van der Waals surface area contributed by atoms with Crippen LogP contribution in [0.1, 0.15) is 31.2 Å². The maximum Gasteiger partial charge on any atom is 0.490 e. The molecule has 0 aliphatic carbocycles. The zero-order chi connectivity index (χ0) is 14.8. The summed E-state index contributed by atoms with van der Waals surface area (Å²) >= 11 is 0. The van der Waals surface area contributed by atoms with Crippen LogP contribution in [0.5, 0.6) is 0 Å². The highest BCUT2D eigenvalue weighted by molar-refractivity contribution is 6.59. The molecule has 2 aromatic heterocycles. The summed E-state index contributed by atoms with van der Waals surface area (Å²) in [5.74, 6) is 0.506. The van der Waals surface area contributed by atoms with E-state index >= 15 is 0 Å². The smallest absolute Gasteiger partial charge is 0.423 e. The molecule has 0 amide bonds. The number of pyridine rings is 1. The van der Waals surface area contributed by atoms with Crippen molar-refractivity contribution >= 4 is 12.6 Å². The van der Waals surface area contributed by atoms with Crippen LogP contribution in [0.15, 0.2) is 18.5 Å². The van der Waals surface area contributed by atoms with Crippen LogP contribution < -0.4 is 5.46 Å². The number of aromatic nitrogens is 4. The Bertz CT molecular complexity index is 626. The van der Waals surface area contributed by atoms with Gasteiger partial charge in [-0.3, -0.25) is 4.98 Å². The van der Waals surface area contributed by atoms with E-state index in [1.807, 2.05) is 0 Å². The van der Waals surface area contributed by atoms with E-state index in [0.29, 0.717) is 22.7 Å². The molecule has 0 spiro atoms. The number of rotatable bonds is 3. The number of hydrogen-bond acceptors (Lipinski definition) is 6. The highest BCUT2D eigenvalue weighted by Gasteiger charge is 2.19. The van der Waals surface area contributed by atoms with E-state index in [4.69, 9.17) is 4.74 Å². The van der Waals surface area contributed by atoms with Crippen molar-refractivity contribution in [3.8, 4) is 11.5 Å². The lowest BCUT2D eigenvalue weighted by Crippen LogP contribution is -2.32. The molecule has 1 saturated heterocycles. The van der Waals surface area contributed by atoms with E-state index in [2.05, 4.69) is 15.1 Å². The van der Waals surface area contributed by atoms with E-state index in [1.165, 1.54) is 0 Å². The molecule has 3 heterocycles. The molecule has 0 aromatic carbocycles. The second kappa shape index (κ2) is 5.93. The van der Waals surface area contributed by atoms with Crippen LogP contribution in [0.3, 0.4) is 0 Å². The fourth-order valence-corrected chi connectivity index (χ4v) is 2.43. The molecule has 0 radical (unpaired) electrons. The van der Waals surface area contributed by atoms with Crippen molar-refractivity contribution in [1.82, 2.24) is 19.7 Å². The highest BCUT2D eigenvalue weighted by atomic mass is 16.5. The Morgan fingerprint density at radius 2 is 2.19 bits per heavy atom. The maximum atomic E-state index is 9.20. The summed E-state index contributed by atoms with van der Waals surface area (Å²) in [6.07, 6.45) is 4.74. The first-order valence-corrected chi connectivity index (χ1v) is 7.02. The molecular formula is C13H17BN4O3. The molecule has 1 aliphatic heterocycles. The molecule has 0 saturated carbocycles. The van der Waals surface area contributed by atoms with Gasteiger partial charge in [-0.15, -0.1) is 5.10 Å². The van der Waals surface area contributed by atoms with Crippen molar-refractivity contribution in [2.24, 2.45) is 0 Å². The highest BCUT2D eigenvalue weighted by Crippen LogP contribution is 2.22. The third-order valence-electron chi connectivity index (χ3n) is 3.59. The summed E-state index contributed by atoms with van der Waals surface area (Å²) in [5.41, 5.74) is 1.54. The first-order valence-electron chi connectivity index (χ1n) is 7.02. The topological polar surface area (TPSA) is 93.3 Å². The molecule has 1 fully saturated rings. The minimum Gasteiger partial charge on any atom is -0.423 e. The van der Waals surface area contributed by atoms with E-state index in [0.717, 1.165) is 25.9 Å². The van der Waals surface area contributed by atoms with Gasteiger partial charge in [-0.25, -0.2) is 9.67 Å². The Morgan fingerprint density at radius 3 is 2.86 bits per heavy atom. The van der Waals surface area contributed by atoms with Crippen LogP contribution in [0.4, 0.5) is 0 Å². The van der Waals surface area contributed by atoms with Gasteiger partial charge in [0.1, 0.15) is 12.0 Å². The van der Waals surface area contributed by atoms with E-state index in [1.54, 1.807) is 30.1 Å². The SMILES string of the molecule is Cc1nc(-c2ncn(C3CCCCO3)n2)ccc1B(O)O. The molecule has 2 N–H and O–H groups in total. The van der Waals surface area contributed by atoms with Crippen LogP contribution in [0, 0.1) is 6.92 Å². The lowest BCUT2D eigenvalue weighted by atomic mass is 9.79. The Balaban J connectivity index is 1.84. The molecule has 1 unspecified atom stereocenters. The quantitative estimate of drug-likeness (QED) is 0.774. The van der Waals surface area contributed by atoms with Gasteiger partial charge in [0.2, 0.25) is 0 Å². The Morgan fingerprint density at radius 1 is 1.33 bits per heavy atom. The van der Waals surface area contributed by atoms with Gasteiger partial charge in [-0.1, -0.05) is 6.07 Å². The monoisotopic (exact) mass is 288 g/mol. The predicted octanol–water partition coefficient (Wildman–Crippen LogP) is 0.0274. The average Bonchev–Trinajstić information content (AvgIpc) is 2.97. The van der Waals surface area contributed by atoms with Crippen molar-refractivity contribution in [2.45, 2.75) is 32.4 Å². The fraction of sp³-hybridized carbons (Fsp3) is 0.462. The van der Waals surface area contributed by atoms with Crippen LogP contribution in [0.25, 0.3) is 11.5 Å². The second-order valence-corrected chi connectivity index (χ2v) is 5.11. The lowest BCUT2D eigenvalue weighted by Gasteiger charge is -2.21. The van der Waals surface area contributed by atoms with Gasteiger partial charge in [0, 0.05) is 17.8 Å². The maximum absolute atomic E-state index is 9.20. The minimum atomic E-state index is -1.52. The van der Waals surface area contributed by atoms with Crippen molar-refractivity contribution < 1.29 is 14.8 Å². The predicted molar refractivity (Wildman–Crippen MR) is 76.7 cm³/mol. The molecular weight excluding hydrogens is 271 g/mol. The number of ether oxygens (including phenoxy) is 1.